The minimum atomic E-state index is 0.366. The molecule has 18 heavy (non-hydrogen) atoms. The Morgan fingerprint density at radius 2 is 1.78 bits per heavy atom. The van der Waals surface area contributed by atoms with Crippen LogP contribution in [-0.2, 0) is 0 Å². The minimum Gasteiger partial charge on any atom is -0.496 e. The van der Waals surface area contributed by atoms with Crippen LogP contribution in [0.3, 0.4) is 0 Å². The van der Waals surface area contributed by atoms with Crippen LogP contribution in [0, 0.1) is 5.92 Å². The molecule has 0 radical (unpaired) electrons. The van der Waals surface area contributed by atoms with Gasteiger partial charge in [0.1, 0.15) is 5.75 Å². The normalized spacial score (nSPS) is 16.1. The summed E-state index contributed by atoms with van der Waals surface area (Å²) in [6.45, 7) is 9.03. The lowest BCUT2D eigenvalue weighted by Crippen LogP contribution is -2.35. The monoisotopic (exact) mass is 249 g/mol. The molecule has 2 heteroatoms. The Bertz CT molecular complexity index is 351. The van der Waals surface area contributed by atoms with Crippen molar-refractivity contribution in [1.82, 2.24) is 5.32 Å². The maximum Gasteiger partial charge on any atom is 0.123 e. The molecule has 1 aromatic rings. The highest BCUT2D eigenvalue weighted by Gasteiger charge is 2.18. The van der Waals surface area contributed by atoms with Crippen LogP contribution < -0.4 is 10.1 Å². The second kappa shape index (κ2) is 7.42. The van der Waals surface area contributed by atoms with E-state index in [4.69, 9.17) is 4.74 Å². The SMILES string of the molecule is CCC(NC(C)C(C)CC)c1ccccc1OC. The van der Waals surface area contributed by atoms with E-state index in [-0.39, 0.29) is 0 Å². The van der Waals surface area contributed by atoms with E-state index in [1.807, 2.05) is 12.1 Å². The summed E-state index contributed by atoms with van der Waals surface area (Å²) in [5.74, 6) is 1.67. The highest BCUT2D eigenvalue weighted by Crippen LogP contribution is 2.27. The zero-order chi connectivity index (χ0) is 13.5. The lowest BCUT2D eigenvalue weighted by atomic mass is 9.97. The first-order valence-corrected chi connectivity index (χ1v) is 7.02. The van der Waals surface area contributed by atoms with Gasteiger partial charge in [-0.3, -0.25) is 0 Å². The summed E-state index contributed by atoms with van der Waals surface area (Å²) in [5, 5.41) is 3.73. The van der Waals surface area contributed by atoms with Crippen LogP contribution in [-0.4, -0.2) is 13.2 Å². The molecular weight excluding hydrogens is 222 g/mol. The van der Waals surface area contributed by atoms with Gasteiger partial charge in [0.2, 0.25) is 0 Å². The van der Waals surface area contributed by atoms with Gasteiger partial charge in [-0.1, -0.05) is 45.4 Å². The highest BCUT2D eigenvalue weighted by molar-refractivity contribution is 5.35. The second-order valence-corrected chi connectivity index (χ2v) is 5.04. The molecule has 0 saturated carbocycles. The van der Waals surface area contributed by atoms with Gasteiger partial charge in [-0.2, -0.15) is 0 Å². The fourth-order valence-electron chi connectivity index (χ4n) is 2.22. The topological polar surface area (TPSA) is 21.3 Å². The summed E-state index contributed by atoms with van der Waals surface area (Å²) >= 11 is 0. The summed E-state index contributed by atoms with van der Waals surface area (Å²) in [7, 11) is 1.74. The molecule has 0 bridgehead atoms. The molecular formula is C16H27NO. The molecule has 0 amide bonds. The van der Waals surface area contributed by atoms with E-state index in [0.29, 0.717) is 18.0 Å². The number of ether oxygens (including phenoxy) is 1. The Hall–Kier alpha value is -1.02. The van der Waals surface area contributed by atoms with Crippen molar-refractivity contribution in [1.29, 1.82) is 0 Å². The van der Waals surface area contributed by atoms with Crippen LogP contribution in [0.1, 0.15) is 52.1 Å². The van der Waals surface area contributed by atoms with Crippen molar-refractivity contribution in [2.75, 3.05) is 7.11 Å². The van der Waals surface area contributed by atoms with E-state index in [1.54, 1.807) is 7.11 Å². The Kier molecular flexibility index (Phi) is 6.20. The first-order valence-electron chi connectivity index (χ1n) is 7.02. The third-order valence-corrected chi connectivity index (χ3v) is 3.88. The molecule has 0 heterocycles. The van der Waals surface area contributed by atoms with Gasteiger partial charge in [-0.05, 0) is 25.3 Å². The Labute approximate surface area is 112 Å². The maximum atomic E-state index is 5.46. The van der Waals surface area contributed by atoms with Gasteiger partial charge in [0.15, 0.2) is 0 Å². The number of nitrogens with one attached hydrogen (secondary N) is 1. The first-order chi connectivity index (χ1) is 8.63. The van der Waals surface area contributed by atoms with Crippen molar-refractivity contribution in [2.45, 2.75) is 52.6 Å². The number of hydrogen-bond acceptors (Lipinski definition) is 2. The smallest absolute Gasteiger partial charge is 0.123 e. The number of hydrogen-bond donors (Lipinski definition) is 1. The van der Waals surface area contributed by atoms with Gasteiger partial charge in [-0.15, -0.1) is 0 Å². The number of para-hydroxylation sites is 1. The molecule has 0 aliphatic heterocycles. The van der Waals surface area contributed by atoms with Crippen LogP contribution in [0.4, 0.5) is 0 Å². The van der Waals surface area contributed by atoms with Gasteiger partial charge in [0, 0.05) is 17.6 Å². The van der Waals surface area contributed by atoms with Crippen LogP contribution >= 0.6 is 0 Å². The van der Waals surface area contributed by atoms with Gasteiger partial charge in [0.05, 0.1) is 7.11 Å². The number of methoxy groups -OCH3 is 1. The van der Waals surface area contributed by atoms with Gasteiger partial charge in [0.25, 0.3) is 0 Å². The van der Waals surface area contributed by atoms with Crippen molar-refractivity contribution in [3.05, 3.63) is 29.8 Å². The van der Waals surface area contributed by atoms with Gasteiger partial charge >= 0.3 is 0 Å². The molecule has 1 aromatic carbocycles. The summed E-state index contributed by atoms with van der Waals surface area (Å²) in [5.41, 5.74) is 1.26. The first kappa shape index (κ1) is 15.0. The van der Waals surface area contributed by atoms with Crippen molar-refractivity contribution in [3.8, 4) is 5.75 Å². The summed E-state index contributed by atoms with van der Waals surface area (Å²) in [4.78, 5) is 0. The number of rotatable bonds is 7. The summed E-state index contributed by atoms with van der Waals surface area (Å²) < 4.78 is 5.46. The molecule has 0 aromatic heterocycles. The van der Waals surface area contributed by atoms with Crippen molar-refractivity contribution < 1.29 is 4.74 Å². The third kappa shape index (κ3) is 3.74. The molecule has 2 nitrogen and oxygen atoms in total. The van der Waals surface area contributed by atoms with Crippen LogP contribution in [0.15, 0.2) is 24.3 Å². The molecule has 0 spiro atoms. The fraction of sp³-hybridized carbons (Fsp3) is 0.625. The van der Waals surface area contributed by atoms with E-state index in [9.17, 15) is 0 Å². The number of benzene rings is 1. The summed E-state index contributed by atoms with van der Waals surface area (Å²) in [6, 6.07) is 9.18. The lowest BCUT2D eigenvalue weighted by Gasteiger charge is -2.27. The molecule has 102 valence electrons. The molecule has 0 fully saturated rings. The minimum absolute atomic E-state index is 0.366. The molecule has 0 saturated heterocycles. The zero-order valence-corrected chi connectivity index (χ0v) is 12.4. The lowest BCUT2D eigenvalue weighted by molar-refractivity contribution is 0.336. The van der Waals surface area contributed by atoms with E-state index >= 15 is 0 Å². The van der Waals surface area contributed by atoms with Crippen LogP contribution in [0.25, 0.3) is 0 Å². The van der Waals surface area contributed by atoms with Crippen molar-refractivity contribution in [2.24, 2.45) is 5.92 Å². The van der Waals surface area contributed by atoms with E-state index in [1.165, 1.54) is 12.0 Å². The van der Waals surface area contributed by atoms with Crippen LogP contribution in [0.5, 0.6) is 5.75 Å². The van der Waals surface area contributed by atoms with E-state index in [0.717, 1.165) is 12.2 Å². The van der Waals surface area contributed by atoms with Crippen LogP contribution in [0.2, 0.25) is 0 Å². The Morgan fingerprint density at radius 1 is 1.11 bits per heavy atom. The highest BCUT2D eigenvalue weighted by atomic mass is 16.5. The standard InChI is InChI=1S/C16H27NO/c1-6-12(3)13(4)17-15(7-2)14-10-8-9-11-16(14)18-5/h8-13,15,17H,6-7H2,1-5H3. The van der Waals surface area contributed by atoms with Gasteiger partial charge < -0.3 is 10.1 Å². The van der Waals surface area contributed by atoms with E-state index < -0.39 is 0 Å². The second-order valence-electron chi connectivity index (χ2n) is 5.04. The molecule has 3 atom stereocenters. The predicted octanol–water partition coefficient (Wildman–Crippen LogP) is 4.17. The summed E-state index contributed by atoms with van der Waals surface area (Å²) in [6.07, 6.45) is 2.28. The molecule has 0 aliphatic rings. The molecule has 3 unspecified atom stereocenters. The Morgan fingerprint density at radius 3 is 2.33 bits per heavy atom. The predicted molar refractivity (Wildman–Crippen MR) is 78.1 cm³/mol. The molecule has 0 aliphatic carbocycles. The van der Waals surface area contributed by atoms with Crippen molar-refractivity contribution in [3.63, 3.8) is 0 Å². The van der Waals surface area contributed by atoms with Crippen molar-refractivity contribution >= 4 is 0 Å². The fourth-order valence-corrected chi connectivity index (χ4v) is 2.22. The average Bonchev–Trinajstić information content (AvgIpc) is 2.43. The average molecular weight is 249 g/mol. The quantitative estimate of drug-likeness (QED) is 0.783. The molecule has 1 N–H and O–H groups in total. The largest absolute Gasteiger partial charge is 0.496 e. The Balaban J connectivity index is 2.82. The zero-order valence-electron chi connectivity index (χ0n) is 12.4. The third-order valence-electron chi connectivity index (χ3n) is 3.88. The van der Waals surface area contributed by atoms with Gasteiger partial charge in [-0.25, -0.2) is 0 Å². The molecule has 1 rings (SSSR count). The van der Waals surface area contributed by atoms with E-state index in [2.05, 4.69) is 45.1 Å². The maximum absolute atomic E-state index is 5.46.